The van der Waals surface area contributed by atoms with Crippen LogP contribution < -0.4 is 0 Å². The van der Waals surface area contributed by atoms with Crippen LogP contribution in [-0.2, 0) is 28.6 Å². The van der Waals surface area contributed by atoms with Crippen molar-refractivity contribution < 1.29 is 28.6 Å². The lowest BCUT2D eigenvalue weighted by Gasteiger charge is -2.18. The van der Waals surface area contributed by atoms with Gasteiger partial charge in [0, 0.05) is 19.3 Å². The van der Waals surface area contributed by atoms with Gasteiger partial charge >= 0.3 is 17.9 Å². The highest BCUT2D eigenvalue weighted by Gasteiger charge is 2.19. The molecule has 0 spiro atoms. The molecule has 416 valence electrons. The summed E-state index contributed by atoms with van der Waals surface area (Å²) in [6.45, 7) is 6.67. The Morgan fingerprint density at radius 2 is 0.465 bits per heavy atom. The zero-order valence-corrected chi connectivity index (χ0v) is 47.8. The second-order valence-corrected chi connectivity index (χ2v) is 21.3. The molecule has 0 amide bonds. The lowest BCUT2D eigenvalue weighted by molar-refractivity contribution is -0.167. The summed E-state index contributed by atoms with van der Waals surface area (Å²) in [5.74, 6) is -0.860. The molecule has 0 heterocycles. The van der Waals surface area contributed by atoms with Gasteiger partial charge in [0.15, 0.2) is 6.10 Å². The van der Waals surface area contributed by atoms with Crippen molar-refractivity contribution in [1.29, 1.82) is 0 Å². The normalized spacial score (nSPS) is 12.2. The summed E-state index contributed by atoms with van der Waals surface area (Å²) < 4.78 is 16.9. The van der Waals surface area contributed by atoms with E-state index in [1.165, 1.54) is 244 Å². The summed E-state index contributed by atoms with van der Waals surface area (Å²) in [6.07, 6.45) is 72.8. The molecule has 0 aromatic rings. The molecule has 0 N–H and O–H groups in total. The van der Waals surface area contributed by atoms with Gasteiger partial charge in [-0.05, 0) is 96.3 Å². The van der Waals surface area contributed by atoms with Crippen LogP contribution in [0.25, 0.3) is 0 Å². The molecule has 0 aliphatic heterocycles. The molecule has 6 heteroatoms. The van der Waals surface area contributed by atoms with Crippen molar-refractivity contribution in [2.75, 3.05) is 13.2 Å². The maximum absolute atomic E-state index is 12.9. The van der Waals surface area contributed by atoms with Gasteiger partial charge in [-0.15, -0.1) is 0 Å². The molecule has 0 radical (unpaired) electrons. The molecule has 0 rings (SSSR count). The number of esters is 3. The summed E-state index contributed by atoms with van der Waals surface area (Å²) in [5, 5.41) is 0. The highest BCUT2D eigenvalue weighted by Crippen LogP contribution is 2.17. The smallest absolute Gasteiger partial charge is 0.306 e. The quantitative estimate of drug-likeness (QED) is 0.0261. The van der Waals surface area contributed by atoms with Gasteiger partial charge in [0.2, 0.25) is 0 Å². The summed E-state index contributed by atoms with van der Waals surface area (Å²) in [7, 11) is 0. The van der Waals surface area contributed by atoms with E-state index in [2.05, 4.69) is 57.2 Å². The second kappa shape index (κ2) is 60.2. The predicted molar refractivity (Wildman–Crippen MR) is 307 cm³/mol. The Morgan fingerprint density at radius 3 is 0.718 bits per heavy atom. The van der Waals surface area contributed by atoms with E-state index in [1.807, 2.05) is 0 Å². The lowest BCUT2D eigenvalue weighted by Crippen LogP contribution is -2.30. The average Bonchev–Trinajstić information content (AvgIpc) is 3.37. The first-order valence-corrected chi connectivity index (χ1v) is 31.5. The Balaban J connectivity index is 4.34. The molecule has 0 bridgehead atoms. The molecular weight excluding hydrogens is 877 g/mol. The van der Waals surface area contributed by atoms with Crippen molar-refractivity contribution in [2.24, 2.45) is 0 Å². The molecule has 0 aromatic carbocycles. The van der Waals surface area contributed by atoms with Crippen LogP contribution in [0.1, 0.15) is 342 Å². The first-order chi connectivity index (χ1) is 35.0. The number of allylic oxidation sites excluding steroid dienone is 6. The lowest BCUT2D eigenvalue weighted by atomic mass is 10.1. The van der Waals surface area contributed by atoms with Crippen molar-refractivity contribution in [3.05, 3.63) is 36.5 Å². The van der Waals surface area contributed by atoms with Crippen molar-refractivity contribution in [3.63, 3.8) is 0 Å². The third-order valence-electron chi connectivity index (χ3n) is 14.1. The van der Waals surface area contributed by atoms with Crippen LogP contribution in [0.5, 0.6) is 0 Å². The summed E-state index contributed by atoms with van der Waals surface area (Å²) >= 11 is 0. The minimum absolute atomic E-state index is 0.0724. The Morgan fingerprint density at radius 1 is 0.268 bits per heavy atom. The zero-order chi connectivity index (χ0) is 51.4. The number of hydrogen-bond donors (Lipinski definition) is 0. The second-order valence-electron chi connectivity index (χ2n) is 21.3. The summed E-state index contributed by atoms with van der Waals surface area (Å²) in [4.78, 5) is 38.3. The number of hydrogen-bond acceptors (Lipinski definition) is 6. The minimum Gasteiger partial charge on any atom is -0.462 e. The Labute approximate surface area is 442 Å². The predicted octanol–water partition coefficient (Wildman–Crippen LogP) is 21.2. The third-order valence-corrected chi connectivity index (χ3v) is 14.1. The van der Waals surface area contributed by atoms with Gasteiger partial charge in [0.1, 0.15) is 13.2 Å². The van der Waals surface area contributed by atoms with E-state index in [1.54, 1.807) is 0 Å². The monoisotopic (exact) mass is 997 g/mol. The summed E-state index contributed by atoms with van der Waals surface area (Å²) in [5.41, 5.74) is 0. The van der Waals surface area contributed by atoms with E-state index in [-0.39, 0.29) is 31.1 Å². The first-order valence-electron chi connectivity index (χ1n) is 31.5. The van der Waals surface area contributed by atoms with Gasteiger partial charge in [0.05, 0.1) is 0 Å². The van der Waals surface area contributed by atoms with E-state index < -0.39 is 6.10 Å². The first kappa shape index (κ1) is 68.6. The van der Waals surface area contributed by atoms with Crippen molar-refractivity contribution in [3.8, 4) is 0 Å². The fourth-order valence-electron chi connectivity index (χ4n) is 9.31. The third kappa shape index (κ3) is 58.4. The maximum Gasteiger partial charge on any atom is 0.306 e. The summed E-state index contributed by atoms with van der Waals surface area (Å²) in [6, 6.07) is 0. The highest BCUT2D eigenvalue weighted by molar-refractivity contribution is 5.71. The van der Waals surface area contributed by atoms with Gasteiger partial charge in [-0.2, -0.15) is 0 Å². The number of ether oxygens (including phenoxy) is 3. The fraction of sp³-hybridized carbons (Fsp3) is 0.862. The van der Waals surface area contributed by atoms with Crippen LogP contribution in [0.15, 0.2) is 36.5 Å². The molecular formula is C65H120O6. The molecule has 0 aliphatic carbocycles. The van der Waals surface area contributed by atoms with Gasteiger partial charge < -0.3 is 14.2 Å². The number of rotatable bonds is 58. The molecule has 0 aromatic heterocycles. The number of unbranched alkanes of at least 4 members (excludes halogenated alkanes) is 41. The number of carbonyl (C=O) groups is 3. The number of carbonyl (C=O) groups excluding carboxylic acids is 3. The average molecular weight is 998 g/mol. The van der Waals surface area contributed by atoms with Gasteiger partial charge in [-0.25, -0.2) is 0 Å². The minimum atomic E-state index is -0.775. The van der Waals surface area contributed by atoms with Gasteiger partial charge in [-0.1, -0.05) is 263 Å². The largest absolute Gasteiger partial charge is 0.462 e. The Bertz CT molecular complexity index is 1190. The topological polar surface area (TPSA) is 78.9 Å². The van der Waals surface area contributed by atoms with Crippen molar-refractivity contribution in [2.45, 2.75) is 348 Å². The molecule has 0 saturated heterocycles. The fourth-order valence-corrected chi connectivity index (χ4v) is 9.31. The standard InChI is InChI=1S/C65H120O6/c1-4-7-10-13-16-19-22-25-28-30-32-34-37-40-43-46-49-52-55-58-64(67)70-61-62(60-69-63(66)57-54-51-48-45-42-39-36-27-24-21-18-15-12-9-6-3)71-65(68)59-56-53-50-47-44-41-38-35-33-31-29-26-23-20-17-14-11-8-5-2/h21,24-26,28-29,62H,4-20,22-23,27,30-61H2,1-3H3/b24-21-,28-25-,29-26-/t62-/m0/s1. The van der Waals surface area contributed by atoms with Crippen LogP contribution >= 0.6 is 0 Å². The van der Waals surface area contributed by atoms with Crippen LogP contribution in [0, 0.1) is 0 Å². The zero-order valence-electron chi connectivity index (χ0n) is 47.8. The molecule has 1 atom stereocenters. The molecule has 0 fully saturated rings. The van der Waals surface area contributed by atoms with Crippen LogP contribution in [-0.4, -0.2) is 37.2 Å². The van der Waals surface area contributed by atoms with Crippen LogP contribution in [0.2, 0.25) is 0 Å². The van der Waals surface area contributed by atoms with Crippen LogP contribution in [0.4, 0.5) is 0 Å². The van der Waals surface area contributed by atoms with E-state index in [4.69, 9.17) is 14.2 Å². The van der Waals surface area contributed by atoms with E-state index >= 15 is 0 Å². The SMILES string of the molecule is CCCCCC/C=C\CCCCCCCCCC(=O)OC[C@@H](COC(=O)CCCCCCCCCCC/C=C\CCCCCCCC)OC(=O)CCCCCCCCCCC/C=C\CCCCCCCC. The van der Waals surface area contributed by atoms with Crippen molar-refractivity contribution >= 4 is 17.9 Å². The molecule has 0 unspecified atom stereocenters. The van der Waals surface area contributed by atoms with Gasteiger partial charge in [0.25, 0.3) is 0 Å². The molecule has 0 aliphatic rings. The molecule has 0 saturated carbocycles. The van der Waals surface area contributed by atoms with Gasteiger partial charge in [-0.3, -0.25) is 14.4 Å². The van der Waals surface area contributed by atoms with Crippen molar-refractivity contribution in [1.82, 2.24) is 0 Å². The highest BCUT2D eigenvalue weighted by atomic mass is 16.6. The molecule has 71 heavy (non-hydrogen) atoms. The maximum atomic E-state index is 12.9. The van der Waals surface area contributed by atoms with Crippen LogP contribution in [0.3, 0.4) is 0 Å². The molecule has 6 nitrogen and oxygen atoms in total. The Kier molecular flexibility index (Phi) is 58.2. The van der Waals surface area contributed by atoms with E-state index in [0.717, 1.165) is 57.8 Å². The van der Waals surface area contributed by atoms with E-state index in [9.17, 15) is 14.4 Å². The Hall–Kier alpha value is -2.37. The van der Waals surface area contributed by atoms with E-state index in [0.29, 0.717) is 19.3 Å².